The highest BCUT2D eigenvalue weighted by Gasteiger charge is 2.19. The molecule has 0 radical (unpaired) electrons. The van der Waals surface area contributed by atoms with Crippen LogP contribution in [0.25, 0.3) is 0 Å². The summed E-state index contributed by atoms with van der Waals surface area (Å²) in [6, 6.07) is 0. The zero-order valence-electron chi connectivity index (χ0n) is 9.69. The lowest BCUT2D eigenvalue weighted by atomic mass is 9.99. The van der Waals surface area contributed by atoms with Crippen LogP contribution in [0, 0.1) is 5.92 Å². The molecular formula is C10H20ClNO3S. The maximum atomic E-state index is 10.8. The number of nitrogens with zero attached hydrogens (tertiary/aromatic N) is 1. The Bertz CT molecular complexity index is 292. The minimum absolute atomic E-state index is 0.0694. The smallest absolute Gasteiger partial charge is 0.232 e. The Morgan fingerprint density at radius 2 is 2.25 bits per heavy atom. The maximum absolute atomic E-state index is 10.8. The average molecular weight is 270 g/mol. The second-order valence-corrected chi connectivity index (χ2v) is 7.26. The topological polar surface area (TPSA) is 46.6 Å². The van der Waals surface area contributed by atoms with E-state index < -0.39 is 9.05 Å². The summed E-state index contributed by atoms with van der Waals surface area (Å²) < 4.78 is 26.7. The maximum Gasteiger partial charge on any atom is 0.232 e. The normalized spacial score (nSPS) is 23.5. The molecule has 16 heavy (non-hydrogen) atoms. The van der Waals surface area contributed by atoms with E-state index in [9.17, 15) is 8.42 Å². The van der Waals surface area contributed by atoms with Gasteiger partial charge in [-0.05, 0) is 38.3 Å². The summed E-state index contributed by atoms with van der Waals surface area (Å²) >= 11 is 0. The fourth-order valence-electron chi connectivity index (χ4n) is 2.19. The Morgan fingerprint density at radius 3 is 2.88 bits per heavy atom. The SMILES string of the molecule is COCC1CCCN(CCCS(=O)(=O)Cl)C1. The molecule has 1 heterocycles. The zero-order valence-corrected chi connectivity index (χ0v) is 11.3. The number of hydrogen-bond donors (Lipinski definition) is 0. The highest BCUT2D eigenvalue weighted by Crippen LogP contribution is 2.16. The minimum Gasteiger partial charge on any atom is -0.384 e. The molecule has 0 aliphatic carbocycles. The van der Waals surface area contributed by atoms with Gasteiger partial charge in [0, 0.05) is 24.3 Å². The van der Waals surface area contributed by atoms with E-state index in [1.54, 1.807) is 7.11 Å². The molecule has 0 amide bonds. The lowest BCUT2D eigenvalue weighted by Gasteiger charge is -2.32. The van der Waals surface area contributed by atoms with Crippen LogP contribution in [-0.2, 0) is 13.8 Å². The van der Waals surface area contributed by atoms with E-state index in [-0.39, 0.29) is 5.75 Å². The largest absolute Gasteiger partial charge is 0.384 e. The molecule has 0 aromatic heterocycles. The number of ether oxygens (including phenoxy) is 1. The van der Waals surface area contributed by atoms with E-state index in [2.05, 4.69) is 4.90 Å². The van der Waals surface area contributed by atoms with Crippen molar-refractivity contribution in [1.82, 2.24) is 4.90 Å². The summed E-state index contributed by atoms with van der Waals surface area (Å²) in [5, 5.41) is 0. The zero-order chi connectivity index (χ0) is 12.0. The summed E-state index contributed by atoms with van der Waals surface area (Å²) in [6.45, 7) is 3.68. The van der Waals surface area contributed by atoms with Crippen LogP contribution in [-0.4, -0.2) is 52.4 Å². The standard InChI is InChI=1S/C10H20ClNO3S/c1-15-9-10-4-2-5-12(8-10)6-3-7-16(11,13)14/h10H,2-9H2,1H3. The van der Waals surface area contributed by atoms with Gasteiger partial charge in [0.2, 0.25) is 9.05 Å². The van der Waals surface area contributed by atoms with Crippen molar-refractivity contribution in [2.75, 3.05) is 39.1 Å². The van der Waals surface area contributed by atoms with E-state index in [1.807, 2.05) is 0 Å². The molecule has 1 unspecified atom stereocenters. The van der Waals surface area contributed by atoms with Crippen LogP contribution in [0.4, 0.5) is 0 Å². The number of piperidine rings is 1. The second-order valence-electron chi connectivity index (χ2n) is 4.36. The molecule has 1 rings (SSSR count). The summed E-state index contributed by atoms with van der Waals surface area (Å²) in [6.07, 6.45) is 2.99. The van der Waals surface area contributed by atoms with Crippen LogP contribution in [0.3, 0.4) is 0 Å². The molecular weight excluding hydrogens is 250 g/mol. The molecule has 0 saturated carbocycles. The third-order valence-electron chi connectivity index (χ3n) is 2.87. The molecule has 0 aromatic carbocycles. The van der Waals surface area contributed by atoms with Gasteiger partial charge in [0.1, 0.15) is 0 Å². The lowest BCUT2D eigenvalue weighted by Crippen LogP contribution is -2.38. The lowest BCUT2D eigenvalue weighted by molar-refractivity contribution is 0.0908. The molecule has 1 atom stereocenters. The van der Waals surface area contributed by atoms with E-state index in [0.717, 1.165) is 26.2 Å². The minimum atomic E-state index is -3.33. The molecule has 0 N–H and O–H groups in total. The first-order valence-electron chi connectivity index (χ1n) is 5.65. The quantitative estimate of drug-likeness (QED) is 0.682. The Labute approximate surface area is 102 Å². The summed E-state index contributed by atoms with van der Waals surface area (Å²) in [5.74, 6) is 0.659. The van der Waals surface area contributed by atoms with Crippen molar-refractivity contribution in [3.8, 4) is 0 Å². The van der Waals surface area contributed by atoms with Crippen LogP contribution >= 0.6 is 10.7 Å². The van der Waals surface area contributed by atoms with Crippen LogP contribution in [0.1, 0.15) is 19.3 Å². The number of methoxy groups -OCH3 is 1. The number of rotatable bonds is 6. The highest BCUT2D eigenvalue weighted by molar-refractivity contribution is 8.13. The molecule has 1 aliphatic rings. The average Bonchev–Trinajstić information content (AvgIpc) is 2.17. The van der Waals surface area contributed by atoms with Crippen molar-refractivity contribution < 1.29 is 13.2 Å². The first-order valence-corrected chi connectivity index (χ1v) is 8.13. The van der Waals surface area contributed by atoms with Crippen LogP contribution in [0.15, 0.2) is 0 Å². The molecule has 96 valence electrons. The molecule has 6 heteroatoms. The fraction of sp³-hybridized carbons (Fsp3) is 1.00. The second kappa shape index (κ2) is 6.79. The van der Waals surface area contributed by atoms with E-state index in [1.165, 1.54) is 12.8 Å². The van der Waals surface area contributed by atoms with Crippen molar-refractivity contribution in [3.05, 3.63) is 0 Å². The third-order valence-corrected chi connectivity index (χ3v) is 4.11. The van der Waals surface area contributed by atoms with Crippen molar-refractivity contribution in [3.63, 3.8) is 0 Å². The number of likely N-dealkylation sites (tertiary alicyclic amines) is 1. The first kappa shape index (κ1) is 14.2. The fourth-order valence-corrected chi connectivity index (χ4v) is 2.99. The molecule has 1 fully saturated rings. The molecule has 0 spiro atoms. The molecule has 0 bridgehead atoms. The van der Waals surface area contributed by atoms with Crippen molar-refractivity contribution >= 4 is 19.7 Å². The van der Waals surface area contributed by atoms with Crippen molar-refractivity contribution in [1.29, 1.82) is 0 Å². The Balaban J connectivity index is 2.21. The van der Waals surface area contributed by atoms with Crippen molar-refractivity contribution in [2.45, 2.75) is 19.3 Å². The third kappa shape index (κ3) is 6.03. The summed E-state index contributed by atoms with van der Waals surface area (Å²) in [4.78, 5) is 2.30. The van der Waals surface area contributed by atoms with Crippen LogP contribution in [0.5, 0.6) is 0 Å². The molecule has 1 aliphatic heterocycles. The molecule has 0 aromatic rings. The van der Waals surface area contributed by atoms with E-state index >= 15 is 0 Å². The Hall–Kier alpha value is 0.160. The monoisotopic (exact) mass is 269 g/mol. The number of halogens is 1. The predicted octanol–water partition coefficient (Wildman–Crippen LogP) is 1.30. The van der Waals surface area contributed by atoms with Gasteiger partial charge in [0.25, 0.3) is 0 Å². The summed E-state index contributed by atoms with van der Waals surface area (Å²) in [7, 11) is 3.56. The van der Waals surface area contributed by atoms with Crippen molar-refractivity contribution in [2.24, 2.45) is 5.92 Å². The molecule has 4 nitrogen and oxygen atoms in total. The van der Waals surface area contributed by atoms with Crippen LogP contribution < -0.4 is 0 Å². The van der Waals surface area contributed by atoms with Gasteiger partial charge in [0.15, 0.2) is 0 Å². The van der Waals surface area contributed by atoms with Gasteiger partial charge in [0.05, 0.1) is 12.4 Å². The number of hydrogen-bond acceptors (Lipinski definition) is 4. The van der Waals surface area contributed by atoms with E-state index in [4.69, 9.17) is 15.4 Å². The predicted molar refractivity (Wildman–Crippen MR) is 65.3 cm³/mol. The Kier molecular flexibility index (Phi) is 6.03. The molecule has 1 saturated heterocycles. The van der Waals surface area contributed by atoms with Gasteiger partial charge < -0.3 is 9.64 Å². The first-order chi connectivity index (χ1) is 7.51. The van der Waals surface area contributed by atoms with E-state index in [0.29, 0.717) is 12.3 Å². The Morgan fingerprint density at radius 1 is 1.50 bits per heavy atom. The summed E-state index contributed by atoms with van der Waals surface area (Å²) in [5.41, 5.74) is 0. The van der Waals surface area contributed by atoms with Crippen LogP contribution in [0.2, 0.25) is 0 Å². The van der Waals surface area contributed by atoms with Gasteiger partial charge in [-0.1, -0.05) is 0 Å². The van der Waals surface area contributed by atoms with Gasteiger partial charge in [-0.25, -0.2) is 8.42 Å². The van der Waals surface area contributed by atoms with Gasteiger partial charge in [-0.15, -0.1) is 0 Å². The van der Waals surface area contributed by atoms with Gasteiger partial charge in [-0.3, -0.25) is 0 Å². The highest BCUT2D eigenvalue weighted by atomic mass is 35.7. The van der Waals surface area contributed by atoms with Gasteiger partial charge in [-0.2, -0.15) is 0 Å². The van der Waals surface area contributed by atoms with Gasteiger partial charge >= 0.3 is 0 Å².